The first-order valence-electron chi connectivity index (χ1n) is 14.2. The number of hydrogen-bond acceptors (Lipinski definition) is 5. The third kappa shape index (κ3) is 4.41. The van der Waals surface area contributed by atoms with Crippen molar-refractivity contribution < 1.29 is 24.2 Å². The van der Waals surface area contributed by atoms with Gasteiger partial charge >= 0.3 is 0 Å². The lowest BCUT2D eigenvalue weighted by atomic mass is 9.73. The van der Waals surface area contributed by atoms with Gasteiger partial charge in [0.2, 0.25) is 11.8 Å². The fraction of sp³-hybridized carbons (Fsp3) is 0.567. The van der Waals surface area contributed by atoms with E-state index >= 15 is 0 Å². The first kappa shape index (κ1) is 27.9. The Bertz CT molecular complexity index is 1190. The van der Waals surface area contributed by atoms with Crippen LogP contribution in [0.1, 0.15) is 46.0 Å². The maximum atomic E-state index is 14.5. The van der Waals surface area contributed by atoms with Crippen LogP contribution in [0.2, 0.25) is 5.02 Å². The van der Waals surface area contributed by atoms with Crippen molar-refractivity contribution in [1.82, 2.24) is 9.80 Å². The number of rotatable bonds is 9. The van der Waals surface area contributed by atoms with Gasteiger partial charge in [0, 0.05) is 32.8 Å². The number of fused-ring (bicyclic) bond motifs is 2. The molecule has 0 saturated carbocycles. The molecule has 0 aliphatic carbocycles. The van der Waals surface area contributed by atoms with Crippen LogP contribution in [0, 0.1) is 11.8 Å². The van der Waals surface area contributed by atoms with Gasteiger partial charge in [0.05, 0.1) is 28.1 Å². The summed E-state index contributed by atoms with van der Waals surface area (Å²) in [6.45, 7) is 5.77. The maximum Gasteiger partial charge on any atom is 0.253 e. The van der Waals surface area contributed by atoms with Crippen LogP contribution in [0.3, 0.4) is 0 Å². The number of hydrogen-bond donors (Lipinski definition) is 1. The number of ether oxygens (including phenoxy) is 1. The summed E-state index contributed by atoms with van der Waals surface area (Å²) in [4.78, 5) is 48.0. The molecule has 2 saturated heterocycles. The average Bonchev–Trinajstić information content (AvgIpc) is 3.22. The van der Waals surface area contributed by atoms with E-state index in [-0.39, 0.29) is 30.9 Å². The number of nitrogens with zero attached hydrogens (tertiary/aromatic N) is 3. The predicted octanol–water partition coefficient (Wildman–Crippen LogP) is 3.57. The van der Waals surface area contributed by atoms with E-state index in [0.717, 1.165) is 12.8 Å². The number of anilines is 1. The zero-order valence-corrected chi connectivity index (χ0v) is 23.5. The van der Waals surface area contributed by atoms with Crippen LogP contribution in [-0.2, 0) is 19.1 Å². The van der Waals surface area contributed by atoms with Crippen LogP contribution in [0.5, 0.6) is 0 Å². The van der Waals surface area contributed by atoms with Crippen LogP contribution in [0.4, 0.5) is 5.69 Å². The number of carbonyl (C=O) groups is 3. The lowest BCUT2D eigenvalue weighted by molar-refractivity contribution is -0.150. The van der Waals surface area contributed by atoms with E-state index in [1.165, 1.54) is 0 Å². The van der Waals surface area contributed by atoms with E-state index in [2.05, 4.69) is 0 Å². The van der Waals surface area contributed by atoms with Crippen molar-refractivity contribution >= 4 is 35.0 Å². The topological polar surface area (TPSA) is 90.4 Å². The summed E-state index contributed by atoms with van der Waals surface area (Å²) in [6, 6.07) is 6.25. The Labute approximate surface area is 235 Å². The highest BCUT2D eigenvalue weighted by molar-refractivity contribution is 6.34. The second kappa shape index (κ2) is 11.1. The quantitative estimate of drug-likeness (QED) is 0.371. The minimum absolute atomic E-state index is 0.0736. The SMILES string of the molecule is CCCN1CC=C[C@@]2(CC)O[C@]34C=CCN(c5ccccc5Cl)C(=O)C3N(CCCCCO)C(=O)[C@@H]4[C@H]2C1=O. The predicted molar refractivity (Wildman–Crippen MR) is 149 cm³/mol. The van der Waals surface area contributed by atoms with E-state index in [9.17, 15) is 19.5 Å². The lowest BCUT2D eigenvalue weighted by Gasteiger charge is -2.38. The standard InChI is InChI=1S/C30H38ClN3O5/c1-3-16-32-17-10-14-29(4-2)23(26(32)36)24-27(37)34(18-8-5-9-20-35)25-28(38)33(19-11-15-30(24,25)39-29)22-13-7-6-12-21(22)31/h6-7,10-15,23-25,35H,3-5,8-9,16-20H2,1-2H3/t23-,24-,25?,29+,30-/m0/s1. The zero-order valence-electron chi connectivity index (χ0n) is 22.7. The van der Waals surface area contributed by atoms with Crippen molar-refractivity contribution in [1.29, 1.82) is 0 Å². The summed E-state index contributed by atoms with van der Waals surface area (Å²) in [7, 11) is 0. The average molecular weight is 556 g/mol. The molecule has 1 spiro atoms. The summed E-state index contributed by atoms with van der Waals surface area (Å²) < 4.78 is 6.98. The van der Waals surface area contributed by atoms with E-state index in [1.54, 1.807) is 21.9 Å². The van der Waals surface area contributed by atoms with Gasteiger partial charge in [0.25, 0.3) is 5.91 Å². The monoisotopic (exact) mass is 555 g/mol. The van der Waals surface area contributed by atoms with Crippen LogP contribution in [-0.4, -0.2) is 82.7 Å². The lowest BCUT2D eigenvalue weighted by Crippen LogP contribution is -2.56. The van der Waals surface area contributed by atoms with Gasteiger partial charge in [-0.25, -0.2) is 0 Å². The Morgan fingerprint density at radius 3 is 2.44 bits per heavy atom. The molecule has 8 nitrogen and oxygen atoms in total. The molecule has 4 heterocycles. The summed E-state index contributed by atoms with van der Waals surface area (Å²) in [6.07, 6.45) is 11.0. The van der Waals surface area contributed by atoms with Crippen molar-refractivity contribution in [2.75, 3.05) is 37.7 Å². The van der Waals surface area contributed by atoms with Gasteiger partial charge < -0.3 is 24.5 Å². The normalized spacial score (nSPS) is 31.8. The summed E-state index contributed by atoms with van der Waals surface area (Å²) in [5.41, 5.74) is -1.69. The zero-order chi connectivity index (χ0) is 27.8. The molecule has 1 N–H and O–H groups in total. The van der Waals surface area contributed by atoms with Gasteiger partial charge in [-0.1, -0.05) is 61.9 Å². The number of para-hydroxylation sites is 1. The molecular formula is C30H38ClN3O5. The molecule has 1 aromatic carbocycles. The number of carbonyl (C=O) groups excluding carboxylic acids is 3. The second-order valence-electron chi connectivity index (χ2n) is 10.9. The Morgan fingerprint density at radius 2 is 1.72 bits per heavy atom. The summed E-state index contributed by atoms with van der Waals surface area (Å²) in [5.74, 6) is -2.12. The van der Waals surface area contributed by atoms with E-state index in [1.807, 2.05) is 55.2 Å². The number of aliphatic hydroxyl groups is 1. The van der Waals surface area contributed by atoms with Crippen LogP contribution in [0.25, 0.3) is 0 Å². The molecule has 0 radical (unpaired) electrons. The number of aliphatic hydroxyl groups excluding tert-OH is 1. The molecule has 210 valence electrons. The van der Waals surface area contributed by atoms with Gasteiger partial charge in [0.15, 0.2) is 0 Å². The van der Waals surface area contributed by atoms with Crippen LogP contribution in [0.15, 0.2) is 48.6 Å². The highest BCUT2D eigenvalue weighted by atomic mass is 35.5. The van der Waals surface area contributed by atoms with Crippen molar-refractivity contribution in [2.24, 2.45) is 11.8 Å². The van der Waals surface area contributed by atoms with E-state index in [0.29, 0.717) is 49.6 Å². The number of likely N-dealkylation sites (tertiary alicyclic amines) is 1. The van der Waals surface area contributed by atoms with Crippen molar-refractivity contribution in [3.05, 3.63) is 53.6 Å². The third-order valence-corrected chi connectivity index (χ3v) is 9.04. The largest absolute Gasteiger partial charge is 0.396 e. The molecule has 5 rings (SSSR count). The van der Waals surface area contributed by atoms with Gasteiger partial charge in [-0.2, -0.15) is 0 Å². The molecule has 39 heavy (non-hydrogen) atoms. The van der Waals surface area contributed by atoms with Gasteiger partial charge in [0.1, 0.15) is 11.6 Å². The fourth-order valence-corrected chi connectivity index (χ4v) is 7.22. The number of benzene rings is 1. The van der Waals surface area contributed by atoms with Crippen LogP contribution >= 0.6 is 11.6 Å². The minimum Gasteiger partial charge on any atom is -0.396 e. The Morgan fingerprint density at radius 1 is 0.949 bits per heavy atom. The molecule has 0 bridgehead atoms. The Kier molecular flexibility index (Phi) is 7.91. The first-order chi connectivity index (χ1) is 18.8. The van der Waals surface area contributed by atoms with Crippen molar-refractivity contribution in [3.63, 3.8) is 0 Å². The summed E-state index contributed by atoms with van der Waals surface area (Å²) >= 11 is 6.53. The maximum absolute atomic E-state index is 14.5. The van der Waals surface area contributed by atoms with Crippen molar-refractivity contribution in [3.8, 4) is 0 Å². The molecule has 1 unspecified atom stereocenters. The number of amides is 3. The highest BCUT2D eigenvalue weighted by Crippen LogP contribution is 2.58. The van der Waals surface area contributed by atoms with Crippen molar-refractivity contribution in [2.45, 2.75) is 63.2 Å². The molecule has 5 atom stereocenters. The summed E-state index contributed by atoms with van der Waals surface area (Å²) in [5, 5.41) is 9.72. The highest BCUT2D eigenvalue weighted by Gasteiger charge is 2.75. The first-order valence-corrected chi connectivity index (χ1v) is 14.5. The minimum atomic E-state index is -1.28. The molecule has 9 heteroatoms. The van der Waals surface area contributed by atoms with Gasteiger partial charge in [-0.3, -0.25) is 14.4 Å². The number of halogens is 1. The molecule has 0 aromatic heterocycles. The fourth-order valence-electron chi connectivity index (χ4n) is 6.98. The second-order valence-corrected chi connectivity index (χ2v) is 11.3. The van der Waals surface area contributed by atoms with Crippen LogP contribution < -0.4 is 4.90 Å². The van der Waals surface area contributed by atoms with Gasteiger partial charge in [-0.15, -0.1) is 0 Å². The molecule has 4 aliphatic rings. The van der Waals surface area contributed by atoms with Gasteiger partial charge in [-0.05, 0) is 44.2 Å². The molecule has 2 fully saturated rings. The molecular weight excluding hydrogens is 518 g/mol. The third-order valence-electron chi connectivity index (χ3n) is 8.72. The Balaban J connectivity index is 1.62. The molecule has 1 aromatic rings. The molecule has 3 amide bonds. The smallest absolute Gasteiger partial charge is 0.253 e. The van der Waals surface area contributed by atoms with E-state index in [4.69, 9.17) is 16.3 Å². The number of unbranched alkanes of at least 4 members (excludes halogenated alkanes) is 2. The molecule has 4 aliphatic heterocycles. The van der Waals surface area contributed by atoms with E-state index < -0.39 is 29.1 Å². The Hall–Kier alpha value is -2.68.